The van der Waals surface area contributed by atoms with Crippen molar-refractivity contribution >= 4 is 11.4 Å². The predicted molar refractivity (Wildman–Crippen MR) is 105 cm³/mol. The molecule has 0 atom stereocenters. The summed E-state index contributed by atoms with van der Waals surface area (Å²) in [5, 5.41) is 0. The van der Waals surface area contributed by atoms with E-state index in [1.807, 2.05) is 12.1 Å². The summed E-state index contributed by atoms with van der Waals surface area (Å²) in [4.78, 5) is 5.00. The molecule has 2 aliphatic heterocycles. The molecule has 0 radical (unpaired) electrons. The average Bonchev–Trinajstić information content (AvgIpc) is 2.68. The number of methoxy groups -OCH3 is 1. The minimum Gasteiger partial charge on any atom is -0.497 e. The van der Waals surface area contributed by atoms with Crippen LogP contribution in [0.5, 0.6) is 5.75 Å². The average molecular weight is 334 g/mol. The Morgan fingerprint density at radius 2 is 1.68 bits per heavy atom. The Morgan fingerprint density at radius 3 is 2.40 bits per heavy atom. The standard InChI is InChI=1S/C22H26N2O/c1-17-7-8-18-5-3-4-6-22(18)24(17)20-13-15-23(16-14-20)19-9-11-21(25-2)12-10-19/h3-6,9-12,20H,1,7-8,13-16H2,2H3. The zero-order valence-corrected chi connectivity index (χ0v) is 14.9. The largest absolute Gasteiger partial charge is 0.497 e. The van der Waals surface area contributed by atoms with Crippen molar-refractivity contribution in [2.45, 2.75) is 31.7 Å². The molecule has 2 aromatic carbocycles. The van der Waals surface area contributed by atoms with Gasteiger partial charge in [0.15, 0.2) is 0 Å². The summed E-state index contributed by atoms with van der Waals surface area (Å²) in [6.07, 6.45) is 4.53. The number of nitrogens with zero attached hydrogens (tertiary/aromatic N) is 2. The minimum atomic E-state index is 0.559. The van der Waals surface area contributed by atoms with Gasteiger partial charge in [-0.15, -0.1) is 0 Å². The van der Waals surface area contributed by atoms with Gasteiger partial charge in [-0.2, -0.15) is 0 Å². The van der Waals surface area contributed by atoms with Crippen LogP contribution in [0.3, 0.4) is 0 Å². The Hall–Kier alpha value is -2.42. The molecule has 2 aliphatic rings. The fourth-order valence-electron chi connectivity index (χ4n) is 4.16. The maximum Gasteiger partial charge on any atom is 0.119 e. The second-order valence-corrected chi connectivity index (χ2v) is 6.98. The van der Waals surface area contributed by atoms with Crippen molar-refractivity contribution in [3.63, 3.8) is 0 Å². The van der Waals surface area contributed by atoms with Crippen LogP contribution < -0.4 is 14.5 Å². The first kappa shape index (κ1) is 16.1. The van der Waals surface area contributed by atoms with Crippen molar-refractivity contribution in [3.8, 4) is 5.75 Å². The lowest BCUT2D eigenvalue weighted by atomic mass is 9.94. The van der Waals surface area contributed by atoms with Crippen LogP contribution >= 0.6 is 0 Å². The maximum atomic E-state index is 5.26. The van der Waals surface area contributed by atoms with Crippen LogP contribution in [0, 0.1) is 0 Å². The molecular weight excluding hydrogens is 308 g/mol. The van der Waals surface area contributed by atoms with Gasteiger partial charge in [0.25, 0.3) is 0 Å². The van der Waals surface area contributed by atoms with Crippen LogP contribution in [-0.2, 0) is 6.42 Å². The topological polar surface area (TPSA) is 15.7 Å². The zero-order chi connectivity index (χ0) is 17.2. The van der Waals surface area contributed by atoms with E-state index in [0.717, 1.165) is 31.7 Å². The highest BCUT2D eigenvalue weighted by atomic mass is 16.5. The lowest BCUT2D eigenvalue weighted by Crippen LogP contribution is -2.45. The van der Waals surface area contributed by atoms with E-state index < -0.39 is 0 Å². The van der Waals surface area contributed by atoms with Crippen LogP contribution in [0.15, 0.2) is 60.8 Å². The van der Waals surface area contributed by atoms with Crippen LogP contribution in [0.2, 0.25) is 0 Å². The van der Waals surface area contributed by atoms with Crippen molar-refractivity contribution in [2.24, 2.45) is 0 Å². The molecular formula is C22H26N2O. The summed E-state index contributed by atoms with van der Waals surface area (Å²) >= 11 is 0. The number of aryl methyl sites for hydroxylation is 1. The van der Waals surface area contributed by atoms with Gasteiger partial charge in [-0.05, 0) is 61.6 Å². The van der Waals surface area contributed by atoms with Gasteiger partial charge in [-0.1, -0.05) is 24.8 Å². The van der Waals surface area contributed by atoms with Crippen LogP contribution in [0.1, 0.15) is 24.8 Å². The van der Waals surface area contributed by atoms with E-state index >= 15 is 0 Å². The number of benzene rings is 2. The van der Waals surface area contributed by atoms with Crippen LogP contribution in [0.4, 0.5) is 11.4 Å². The van der Waals surface area contributed by atoms with Crippen LogP contribution in [-0.4, -0.2) is 26.2 Å². The van der Waals surface area contributed by atoms with E-state index in [2.05, 4.69) is 52.8 Å². The van der Waals surface area contributed by atoms with Crippen molar-refractivity contribution in [2.75, 3.05) is 30.0 Å². The van der Waals surface area contributed by atoms with Gasteiger partial charge in [-0.25, -0.2) is 0 Å². The van der Waals surface area contributed by atoms with Gasteiger partial charge >= 0.3 is 0 Å². The van der Waals surface area contributed by atoms with Crippen molar-refractivity contribution in [1.29, 1.82) is 0 Å². The Morgan fingerprint density at radius 1 is 0.960 bits per heavy atom. The predicted octanol–water partition coefficient (Wildman–Crippen LogP) is 4.63. The molecule has 130 valence electrons. The number of para-hydroxylation sites is 1. The maximum absolute atomic E-state index is 5.26. The number of piperidine rings is 1. The first-order chi connectivity index (χ1) is 12.3. The molecule has 1 saturated heterocycles. The number of fused-ring (bicyclic) bond motifs is 1. The molecule has 0 amide bonds. The van der Waals surface area contributed by atoms with E-state index in [0.29, 0.717) is 6.04 Å². The van der Waals surface area contributed by atoms with Crippen molar-refractivity contribution in [3.05, 3.63) is 66.4 Å². The third-order valence-electron chi connectivity index (χ3n) is 5.54. The van der Waals surface area contributed by atoms with Gasteiger partial charge in [0, 0.05) is 36.2 Å². The molecule has 0 aromatic heterocycles. The molecule has 3 nitrogen and oxygen atoms in total. The Kier molecular flexibility index (Phi) is 4.39. The Balaban J connectivity index is 1.47. The summed E-state index contributed by atoms with van der Waals surface area (Å²) in [6.45, 7) is 6.54. The minimum absolute atomic E-state index is 0.559. The molecule has 25 heavy (non-hydrogen) atoms. The second kappa shape index (κ2) is 6.83. The monoisotopic (exact) mass is 334 g/mol. The molecule has 1 fully saturated rings. The first-order valence-corrected chi connectivity index (χ1v) is 9.20. The SMILES string of the molecule is C=C1CCc2ccccc2N1C1CCN(c2ccc(OC)cc2)CC1. The first-order valence-electron chi connectivity index (χ1n) is 9.20. The Labute approximate surface area is 150 Å². The molecule has 4 rings (SSSR count). The Bertz CT molecular complexity index is 745. The highest BCUT2D eigenvalue weighted by Crippen LogP contribution is 2.36. The quantitative estimate of drug-likeness (QED) is 0.814. The summed E-state index contributed by atoms with van der Waals surface area (Å²) in [6, 6.07) is 17.8. The molecule has 0 unspecified atom stereocenters. The number of rotatable bonds is 3. The summed E-state index contributed by atoms with van der Waals surface area (Å²) in [5.41, 5.74) is 5.41. The summed E-state index contributed by atoms with van der Waals surface area (Å²) in [5.74, 6) is 0.917. The van der Waals surface area contributed by atoms with E-state index in [1.165, 1.54) is 35.5 Å². The van der Waals surface area contributed by atoms with Crippen LogP contribution in [0.25, 0.3) is 0 Å². The molecule has 2 heterocycles. The number of hydrogen-bond acceptors (Lipinski definition) is 3. The fraction of sp³-hybridized carbons (Fsp3) is 0.364. The second-order valence-electron chi connectivity index (χ2n) is 6.98. The summed E-state index contributed by atoms with van der Waals surface area (Å²) < 4.78 is 5.26. The third-order valence-corrected chi connectivity index (χ3v) is 5.54. The number of anilines is 2. The van der Waals surface area contributed by atoms with E-state index in [-0.39, 0.29) is 0 Å². The van der Waals surface area contributed by atoms with Gasteiger partial charge in [-0.3, -0.25) is 0 Å². The van der Waals surface area contributed by atoms with Gasteiger partial charge in [0.1, 0.15) is 5.75 Å². The lowest BCUT2D eigenvalue weighted by molar-refractivity contribution is 0.414. The summed E-state index contributed by atoms with van der Waals surface area (Å²) in [7, 11) is 1.71. The number of hydrogen-bond donors (Lipinski definition) is 0. The normalized spacial score (nSPS) is 18.2. The highest BCUT2D eigenvalue weighted by Gasteiger charge is 2.29. The van der Waals surface area contributed by atoms with E-state index in [1.54, 1.807) is 7.11 Å². The number of allylic oxidation sites excluding steroid dienone is 1. The van der Waals surface area contributed by atoms with E-state index in [9.17, 15) is 0 Å². The van der Waals surface area contributed by atoms with Crippen molar-refractivity contribution in [1.82, 2.24) is 0 Å². The fourth-order valence-corrected chi connectivity index (χ4v) is 4.16. The molecule has 0 bridgehead atoms. The van der Waals surface area contributed by atoms with Gasteiger partial charge in [0.2, 0.25) is 0 Å². The van der Waals surface area contributed by atoms with E-state index in [4.69, 9.17) is 4.74 Å². The zero-order valence-electron chi connectivity index (χ0n) is 14.9. The molecule has 3 heteroatoms. The molecule has 0 aliphatic carbocycles. The number of ether oxygens (including phenoxy) is 1. The van der Waals surface area contributed by atoms with Crippen molar-refractivity contribution < 1.29 is 4.74 Å². The third kappa shape index (κ3) is 3.11. The molecule has 2 aromatic rings. The molecule has 0 spiro atoms. The molecule has 0 saturated carbocycles. The van der Waals surface area contributed by atoms with Gasteiger partial charge in [0.05, 0.1) is 7.11 Å². The smallest absolute Gasteiger partial charge is 0.119 e. The lowest BCUT2D eigenvalue weighted by Gasteiger charge is -2.43. The van der Waals surface area contributed by atoms with Gasteiger partial charge < -0.3 is 14.5 Å². The highest BCUT2D eigenvalue weighted by molar-refractivity contribution is 5.61. The molecule has 0 N–H and O–H groups in total.